The lowest BCUT2D eigenvalue weighted by Crippen LogP contribution is -2.44. The lowest BCUT2D eigenvalue weighted by atomic mass is 10.2. The van der Waals surface area contributed by atoms with E-state index in [1.165, 1.54) is 0 Å². The molecule has 1 atom stereocenters. The molecule has 0 fully saturated rings. The van der Waals surface area contributed by atoms with Gasteiger partial charge in [0, 0.05) is 18.4 Å². The minimum atomic E-state index is -0.347. The normalized spacial score (nSPS) is 16.8. The monoisotopic (exact) mass is 329 g/mol. The highest BCUT2D eigenvalue weighted by Gasteiger charge is 2.36. The Labute approximate surface area is 147 Å². The van der Waals surface area contributed by atoms with Crippen molar-refractivity contribution in [1.29, 1.82) is 0 Å². The van der Waals surface area contributed by atoms with E-state index in [1.54, 1.807) is 7.11 Å². The zero-order valence-electron chi connectivity index (χ0n) is 14.0. The van der Waals surface area contributed by atoms with Crippen molar-refractivity contribution in [2.45, 2.75) is 6.35 Å². The molecule has 0 saturated heterocycles. The topological polar surface area (TPSA) is 28.1 Å². The summed E-state index contributed by atoms with van der Waals surface area (Å²) < 4.78 is 5.83. The molecule has 25 heavy (non-hydrogen) atoms. The molecule has 0 radical (unpaired) electrons. The number of nitrogens with zero attached hydrogens (tertiary/aromatic N) is 3. The van der Waals surface area contributed by atoms with Crippen LogP contribution in [0.4, 0.5) is 11.4 Å². The molecule has 4 rings (SSSR count). The molecule has 0 bridgehead atoms. The molecule has 124 valence electrons. The number of rotatable bonds is 4. The van der Waals surface area contributed by atoms with Gasteiger partial charge in [0.2, 0.25) is 6.35 Å². The van der Waals surface area contributed by atoms with Crippen LogP contribution in [0.5, 0.6) is 0 Å². The highest BCUT2D eigenvalue weighted by atomic mass is 16.5. The number of benzene rings is 3. The van der Waals surface area contributed by atoms with Gasteiger partial charge in [0.1, 0.15) is 0 Å². The molecule has 3 aromatic rings. The second kappa shape index (κ2) is 6.79. The first kappa shape index (κ1) is 15.4. The SMILES string of the molecule is CO[C@@H]1N(c2ccccc2)N=C(c2ccccc2)N1c1ccccc1. The van der Waals surface area contributed by atoms with Gasteiger partial charge < -0.3 is 4.74 Å². The molecule has 1 aliphatic rings. The second-order valence-electron chi connectivity index (χ2n) is 5.74. The molecule has 1 heterocycles. The van der Waals surface area contributed by atoms with Gasteiger partial charge in [-0.2, -0.15) is 0 Å². The number of hydrogen-bond acceptors (Lipinski definition) is 4. The zero-order chi connectivity index (χ0) is 17.1. The minimum Gasteiger partial charge on any atom is -0.342 e. The van der Waals surface area contributed by atoms with Crippen LogP contribution in [-0.2, 0) is 4.74 Å². The standard InChI is InChI=1S/C21H19N3O/c1-25-21-23(18-13-7-3-8-14-18)20(17-11-5-2-6-12-17)22-24(21)19-15-9-4-10-16-19/h2-16,21H,1H3/t21-/m0/s1. The number of amidine groups is 1. The van der Waals surface area contributed by atoms with Crippen LogP contribution in [0.25, 0.3) is 0 Å². The van der Waals surface area contributed by atoms with Crippen molar-refractivity contribution in [3.8, 4) is 0 Å². The maximum absolute atomic E-state index is 5.83. The molecule has 0 amide bonds. The Kier molecular flexibility index (Phi) is 4.19. The van der Waals surface area contributed by atoms with Crippen molar-refractivity contribution in [1.82, 2.24) is 0 Å². The molecular weight excluding hydrogens is 310 g/mol. The summed E-state index contributed by atoms with van der Waals surface area (Å²) in [6.07, 6.45) is -0.347. The molecule has 0 unspecified atom stereocenters. The van der Waals surface area contributed by atoms with Gasteiger partial charge in [-0.15, -0.1) is 5.10 Å². The van der Waals surface area contributed by atoms with Crippen LogP contribution >= 0.6 is 0 Å². The van der Waals surface area contributed by atoms with Gasteiger partial charge in [-0.3, -0.25) is 4.90 Å². The van der Waals surface area contributed by atoms with Crippen molar-refractivity contribution in [3.05, 3.63) is 96.6 Å². The summed E-state index contributed by atoms with van der Waals surface area (Å²) in [5.74, 6) is 0.863. The minimum absolute atomic E-state index is 0.347. The quantitative estimate of drug-likeness (QED) is 0.714. The van der Waals surface area contributed by atoms with Gasteiger partial charge in [-0.1, -0.05) is 66.7 Å². The summed E-state index contributed by atoms with van der Waals surface area (Å²) in [4.78, 5) is 2.11. The van der Waals surface area contributed by atoms with Gasteiger partial charge in [0.05, 0.1) is 5.69 Å². The first-order chi connectivity index (χ1) is 12.4. The summed E-state index contributed by atoms with van der Waals surface area (Å²) in [5, 5.41) is 6.80. The Morgan fingerprint density at radius 1 is 0.720 bits per heavy atom. The van der Waals surface area contributed by atoms with E-state index in [1.807, 2.05) is 71.7 Å². The van der Waals surface area contributed by atoms with Crippen molar-refractivity contribution in [2.24, 2.45) is 5.10 Å². The molecular formula is C21H19N3O. The Bertz CT molecular complexity index is 850. The fourth-order valence-corrected chi connectivity index (χ4v) is 3.01. The number of methoxy groups -OCH3 is 1. The summed E-state index contributed by atoms with van der Waals surface area (Å²) in [6.45, 7) is 0. The summed E-state index contributed by atoms with van der Waals surface area (Å²) in [5.41, 5.74) is 3.07. The van der Waals surface area contributed by atoms with E-state index in [0.29, 0.717) is 0 Å². The van der Waals surface area contributed by atoms with Crippen LogP contribution in [0.1, 0.15) is 5.56 Å². The number of anilines is 2. The lowest BCUT2D eigenvalue weighted by molar-refractivity contribution is 0.114. The van der Waals surface area contributed by atoms with Crippen LogP contribution in [0.3, 0.4) is 0 Å². The number of para-hydroxylation sites is 2. The average Bonchev–Trinajstić information content (AvgIpc) is 3.09. The summed E-state index contributed by atoms with van der Waals surface area (Å²) >= 11 is 0. The molecule has 1 aliphatic heterocycles. The molecule has 3 aromatic carbocycles. The van der Waals surface area contributed by atoms with E-state index < -0.39 is 0 Å². The molecule has 0 spiro atoms. The largest absolute Gasteiger partial charge is 0.342 e. The molecule has 4 nitrogen and oxygen atoms in total. The van der Waals surface area contributed by atoms with Crippen molar-refractivity contribution in [3.63, 3.8) is 0 Å². The third-order valence-corrected chi connectivity index (χ3v) is 4.16. The van der Waals surface area contributed by atoms with Gasteiger partial charge >= 0.3 is 0 Å². The maximum atomic E-state index is 5.83. The highest BCUT2D eigenvalue weighted by Crippen LogP contribution is 2.31. The number of ether oxygens (including phenoxy) is 1. The van der Waals surface area contributed by atoms with Crippen molar-refractivity contribution in [2.75, 3.05) is 17.0 Å². The fraction of sp³-hybridized carbons (Fsp3) is 0.0952. The average molecular weight is 329 g/mol. The van der Waals surface area contributed by atoms with Crippen molar-refractivity contribution < 1.29 is 4.74 Å². The highest BCUT2D eigenvalue weighted by molar-refractivity contribution is 6.12. The zero-order valence-corrected chi connectivity index (χ0v) is 14.0. The maximum Gasteiger partial charge on any atom is 0.235 e. The van der Waals surface area contributed by atoms with Gasteiger partial charge in [0.15, 0.2) is 5.84 Å². The Hall–Kier alpha value is -3.11. The number of hydrazone groups is 1. The van der Waals surface area contributed by atoms with E-state index in [4.69, 9.17) is 9.84 Å². The Morgan fingerprint density at radius 3 is 1.80 bits per heavy atom. The van der Waals surface area contributed by atoms with E-state index in [9.17, 15) is 0 Å². The van der Waals surface area contributed by atoms with Crippen LogP contribution in [0.2, 0.25) is 0 Å². The van der Waals surface area contributed by atoms with Crippen molar-refractivity contribution >= 4 is 17.2 Å². The first-order valence-corrected chi connectivity index (χ1v) is 8.24. The Balaban J connectivity index is 1.84. The van der Waals surface area contributed by atoms with Crippen LogP contribution in [0.15, 0.2) is 96.1 Å². The molecule has 0 aliphatic carbocycles. The van der Waals surface area contributed by atoms with E-state index in [0.717, 1.165) is 22.8 Å². The Morgan fingerprint density at radius 2 is 1.24 bits per heavy atom. The molecule has 0 saturated carbocycles. The smallest absolute Gasteiger partial charge is 0.235 e. The van der Waals surface area contributed by atoms with Crippen LogP contribution in [-0.4, -0.2) is 19.3 Å². The molecule has 0 N–H and O–H groups in total. The van der Waals surface area contributed by atoms with Gasteiger partial charge in [-0.25, -0.2) is 5.01 Å². The molecule has 0 aromatic heterocycles. The van der Waals surface area contributed by atoms with Crippen LogP contribution < -0.4 is 9.91 Å². The van der Waals surface area contributed by atoms with E-state index >= 15 is 0 Å². The second-order valence-corrected chi connectivity index (χ2v) is 5.74. The van der Waals surface area contributed by atoms with Gasteiger partial charge in [-0.05, 0) is 24.3 Å². The number of hydrogen-bond donors (Lipinski definition) is 0. The predicted molar refractivity (Wildman–Crippen MR) is 102 cm³/mol. The van der Waals surface area contributed by atoms with Crippen LogP contribution in [0, 0.1) is 0 Å². The lowest BCUT2D eigenvalue weighted by Gasteiger charge is -2.30. The third kappa shape index (κ3) is 2.88. The fourth-order valence-electron chi connectivity index (χ4n) is 3.01. The predicted octanol–water partition coefficient (Wildman–Crippen LogP) is 4.31. The summed E-state index contributed by atoms with van der Waals surface area (Å²) in [7, 11) is 1.71. The third-order valence-electron chi connectivity index (χ3n) is 4.16. The molecule has 4 heteroatoms. The van der Waals surface area contributed by atoms with Gasteiger partial charge in [0.25, 0.3) is 0 Å². The van der Waals surface area contributed by atoms with E-state index in [-0.39, 0.29) is 6.35 Å². The summed E-state index contributed by atoms with van der Waals surface area (Å²) in [6, 6.07) is 30.5. The van der Waals surface area contributed by atoms with E-state index in [2.05, 4.69) is 29.2 Å². The first-order valence-electron chi connectivity index (χ1n) is 8.24.